The molecule has 170 valence electrons. The number of aryl methyl sites for hydroxylation is 1. The molecule has 1 saturated heterocycles. The summed E-state index contributed by atoms with van der Waals surface area (Å²) in [4.78, 5) is 39.6. The minimum absolute atomic E-state index is 0.147. The number of thioether (sulfide) groups is 1. The minimum atomic E-state index is -0.609. The summed E-state index contributed by atoms with van der Waals surface area (Å²) < 4.78 is 0. The molecule has 3 amide bonds. The molecule has 0 aromatic heterocycles. The summed E-state index contributed by atoms with van der Waals surface area (Å²) in [6.45, 7) is 3.00. The molecule has 0 saturated carbocycles. The molecule has 1 heterocycles. The van der Waals surface area contributed by atoms with E-state index in [2.05, 4.69) is 10.6 Å². The van der Waals surface area contributed by atoms with Gasteiger partial charge in [0.2, 0.25) is 11.8 Å². The van der Waals surface area contributed by atoms with E-state index in [0.717, 1.165) is 42.0 Å². The lowest BCUT2D eigenvalue weighted by Crippen LogP contribution is -2.46. The van der Waals surface area contributed by atoms with Crippen molar-refractivity contribution in [3.05, 3.63) is 65.2 Å². The van der Waals surface area contributed by atoms with Gasteiger partial charge in [0, 0.05) is 30.8 Å². The van der Waals surface area contributed by atoms with Crippen molar-refractivity contribution in [3.63, 3.8) is 0 Å². The Labute approximate surface area is 194 Å². The predicted octanol–water partition coefficient (Wildman–Crippen LogP) is 3.68. The van der Waals surface area contributed by atoms with Crippen LogP contribution in [-0.2, 0) is 16.1 Å². The number of piperidine rings is 1. The first-order chi connectivity index (χ1) is 15.5. The number of carbonyl (C=O) groups is 3. The van der Waals surface area contributed by atoms with Crippen LogP contribution in [0.15, 0.2) is 48.5 Å². The monoisotopic (exact) mass is 453 g/mol. The molecule has 2 N–H and O–H groups in total. The summed E-state index contributed by atoms with van der Waals surface area (Å²) in [6.07, 6.45) is 5.05. The maximum absolute atomic E-state index is 12.9. The van der Waals surface area contributed by atoms with Crippen LogP contribution < -0.4 is 15.5 Å². The quantitative estimate of drug-likeness (QED) is 0.607. The van der Waals surface area contributed by atoms with Crippen LogP contribution in [0.4, 0.5) is 5.69 Å². The van der Waals surface area contributed by atoms with Crippen LogP contribution in [0.2, 0.25) is 0 Å². The molecule has 2 aromatic rings. The standard InChI is InChI=1S/C25H31N3O3S/c1-18-7-5-9-20(15-18)24(30)27-22(12-14-32-2)25(31)26-17-19-8-6-10-21(16-19)28-13-4-3-11-23(28)29/h5-10,15-16,22H,3-4,11-14,17H2,1-2H3,(H,26,31)(H,27,30). The van der Waals surface area contributed by atoms with E-state index in [4.69, 9.17) is 0 Å². The van der Waals surface area contributed by atoms with E-state index in [1.807, 2.05) is 60.5 Å². The van der Waals surface area contributed by atoms with E-state index < -0.39 is 6.04 Å². The smallest absolute Gasteiger partial charge is 0.251 e. The van der Waals surface area contributed by atoms with Crippen molar-refractivity contribution in [3.8, 4) is 0 Å². The molecule has 1 unspecified atom stereocenters. The van der Waals surface area contributed by atoms with Crippen molar-refractivity contribution < 1.29 is 14.4 Å². The predicted molar refractivity (Wildman–Crippen MR) is 130 cm³/mol. The summed E-state index contributed by atoms with van der Waals surface area (Å²) in [5.41, 5.74) is 3.33. The number of hydrogen-bond acceptors (Lipinski definition) is 4. The van der Waals surface area contributed by atoms with Crippen LogP contribution in [0.1, 0.15) is 47.2 Å². The van der Waals surface area contributed by atoms with E-state index >= 15 is 0 Å². The van der Waals surface area contributed by atoms with Crippen LogP contribution in [0.25, 0.3) is 0 Å². The third kappa shape index (κ3) is 6.60. The lowest BCUT2D eigenvalue weighted by molar-refractivity contribution is -0.123. The van der Waals surface area contributed by atoms with Crippen molar-refractivity contribution in [2.24, 2.45) is 0 Å². The van der Waals surface area contributed by atoms with Gasteiger partial charge in [0.15, 0.2) is 0 Å². The Morgan fingerprint density at radius 3 is 2.69 bits per heavy atom. The first-order valence-electron chi connectivity index (χ1n) is 11.0. The third-order valence-corrected chi connectivity index (χ3v) is 6.17. The highest BCUT2D eigenvalue weighted by molar-refractivity contribution is 7.98. The fraction of sp³-hybridized carbons (Fsp3) is 0.400. The first kappa shape index (κ1) is 23.9. The zero-order chi connectivity index (χ0) is 22.9. The van der Waals surface area contributed by atoms with Crippen molar-refractivity contribution in [2.45, 2.75) is 45.2 Å². The minimum Gasteiger partial charge on any atom is -0.350 e. The molecule has 1 atom stereocenters. The SMILES string of the molecule is CSCCC(NC(=O)c1cccc(C)c1)C(=O)NCc1cccc(N2CCCCC2=O)c1. The average molecular weight is 454 g/mol. The van der Waals surface area contributed by atoms with Gasteiger partial charge in [-0.15, -0.1) is 0 Å². The molecule has 1 aliphatic heterocycles. The maximum Gasteiger partial charge on any atom is 0.251 e. The van der Waals surface area contributed by atoms with Gasteiger partial charge in [-0.3, -0.25) is 14.4 Å². The van der Waals surface area contributed by atoms with E-state index in [-0.39, 0.29) is 17.7 Å². The summed E-state index contributed by atoms with van der Waals surface area (Å²) in [5, 5.41) is 5.83. The van der Waals surface area contributed by atoms with Gasteiger partial charge in [0.25, 0.3) is 5.91 Å². The molecule has 32 heavy (non-hydrogen) atoms. The normalized spacial score (nSPS) is 14.7. The van der Waals surface area contributed by atoms with Gasteiger partial charge in [-0.2, -0.15) is 11.8 Å². The van der Waals surface area contributed by atoms with Gasteiger partial charge >= 0.3 is 0 Å². The maximum atomic E-state index is 12.9. The number of hydrogen-bond donors (Lipinski definition) is 2. The fourth-order valence-corrected chi connectivity index (χ4v) is 4.23. The Morgan fingerprint density at radius 2 is 1.94 bits per heavy atom. The summed E-state index contributed by atoms with van der Waals surface area (Å²) in [7, 11) is 0. The zero-order valence-electron chi connectivity index (χ0n) is 18.7. The van der Waals surface area contributed by atoms with Crippen LogP contribution >= 0.6 is 11.8 Å². The number of carbonyl (C=O) groups excluding carboxylic acids is 3. The Morgan fingerprint density at radius 1 is 1.12 bits per heavy atom. The van der Waals surface area contributed by atoms with Crippen molar-refractivity contribution in [2.75, 3.05) is 23.5 Å². The lowest BCUT2D eigenvalue weighted by atomic mass is 10.1. The second-order valence-corrected chi connectivity index (χ2v) is 9.05. The molecule has 1 fully saturated rings. The van der Waals surface area contributed by atoms with E-state index in [1.54, 1.807) is 17.8 Å². The van der Waals surface area contributed by atoms with E-state index in [9.17, 15) is 14.4 Å². The second kappa shape index (κ2) is 11.7. The summed E-state index contributed by atoms with van der Waals surface area (Å²) in [5.74, 6) is 0.451. The molecule has 6 nitrogen and oxygen atoms in total. The molecule has 0 radical (unpaired) electrons. The van der Waals surface area contributed by atoms with Gasteiger partial charge in [-0.05, 0) is 68.0 Å². The largest absolute Gasteiger partial charge is 0.350 e. The van der Waals surface area contributed by atoms with E-state index in [0.29, 0.717) is 24.9 Å². The van der Waals surface area contributed by atoms with Gasteiger partial charge < -0.3 is 15.5 Å². The highest BCUT2D eigenvalue weighted by Crippen LogP contribution is 2.22. The van der Waals surface area contributed by atoms with Gasteiger partial charge in [0.1, 0.15) is 6.04 Å². The third-order valence-electron chi connectivity index (χ3n) is 5.53. The van der Waals surface area contributed by atoms with Crippen LogP contribution in [0.5, 0.6) is 0 Å². The Bertz CT molecular complexity index is 963. The van der Waals surface area contributed by atoms with Gasteiger partial charge in [-0.1, -0.05) is 29.8 Å². The number of rotatable bonds is 9. The highest BCUT2D eigenvalue weighted by atomic mass is 32.2. The lowest BCUT2D eigenvalue weighted by Gasteiger charge is -2.27. The fourth-order valence-electron chi connectivity index (χ4n) is 3.76. The van der Waals surface area contributed by atoms with Crippen molar-refractivity contribution in [1.29, 1.82) is 0 Å². The Hall–Kier alpha value is -2.80. The van der Waals surface area contributed by atoms with Gasteiger partial charge in [0.05, 0.1) is 0 Å². The Balaban J connectivity index is 1.63. The molecule has 0 bridgehead atoms. The van der Waals surface area contributed by atoms with Crippen LogP contribution in [0, 0.1) is 6.92 Å². The number of nitrogens with one attached hydrogen (secondary N) is 2. The number of benzene rings is 2. The van der Waals surface area contributed by atoms with Crippen molar-refractivity contribution in [1.82, 2.24) is 10.6 Å². The molecule has 7 heteroatoms. The molecule has 2 aromatic carbocycles. The average Bonchev–Trinajstić information content (AvgIpc) is 2.80. The van der Waals surface area contributed by atoms with Gasteiger partial charge in [-0.25, -0.2) is 0 Å². The highest BCUT2D eigenvalue weighted by Gasteiger charge is 2.22. The topological polar surface area (TPSA) is 78.5 Å². The molecule has 0 spiro atoms. The molecular weight excluding hydrogens is 422 g/mol. The summed E-state index contributed by atoms with van der Waals surface area (Å²) >= 11 is 1.64. The number of nitrogens with zero attached hydrogens (tertiary/aromatic N) is 1. The molecular formula is C25H31N3O3S. The van der Waals surface area contributed by atoms with Crippen molar-refractivity contribution >= 4 is 35.2 Å². The van der Waals surface area contributed by atoms with Crippen LogP contribution in [-0.4, -0.2) is 42.3 Å². The first-order valence-corrected chi connectivity index (χ1v) is 12.4. The van der Waals surface area contributed by atoms with E-state index in [1.165, 1.54) is 0 Å². The second-order valence-electron chi connectivity index (χ2n) is 8.07. The molecule has 0 aliphatic carbocycles. The number of amides is 3. The Kier molecular flexibility index (Phi) is 8.73. The summed E-state index contributed by atoms with van der Waals surface area (Å²) in [6, 6.07) is 14.4. The number of anilines is 1. The van der Waals surface area contributed by atoms with Crippen LogP contribution in [0.3, 0.4) is 0 Å². The molecule has 3 rings (SSSR count). The zero-order valence-corrected chi connectivity index (χ0v) is 19.5. The molecule has 1 aliphatic rings.